The zero-order valence-electron chi connectivity index (χ0n) is 8.74. The minimum atomic E-state index is -0.387. The molecule has 0 bridgehead atoms. The lowest BCUT2D eigenvalue weighted by atomic mass is 9.93. The van der Waals surface area contributed by atoms with Gasteiger partial charge in [-0.2, -0.15) is 11.8 Å². The molecule has 2 unspecified atom stereocenters. The fourth-order valence-electron chi connectivity index (χ4n) is 2.01. The lowest BCUT2D eigenvalue weighted by Gasteiger charge is -2.29. The van der Waals surface area contributed by atoms with Gasteiger partial charge in [0, 0.05) is 9.77 Å². The Kier molecular flexibility index (Phi) is 3.29. The standard InChI is InChI=1S/C12H15ClOS/c1-12(7-2-8-15-12)11(14)9-3-5-10(13)6-4-9/h3-6,11,14H,2,7-8H2,1H3. The SMILES string of the molecule is CC1(C(O)c2ccc(Cl)cc2)CCCS1. The molecule has 1 aromatic rings. The van der Waals surface area contributed by atoms with Crippen molar-refractivity contribution in [2.24, 2.45) is 0 Å². The normalized spacial score (nSPS) is 27.9. The van der Waals surface area contributed by atoms with E-state index >= 15 is 0 Å². The Morgan fingerprint density at radius 3 is 2.60 bits per heavy atom. The quantitative estimate of drug-likeness (QED) is 0.854. The minimum Gasteiger partial charge on any atom is -0.387 e. The number of rotatable bonds is 2. The van der Waals surface area contributed by atoms with Gasteiger partial charge in [0.2, 0.25) is 0 Å². The minimum absolute atomic E-state index is 0.0200. The predicted molar refractivity (Wildman–Crippen MR) is 66.5 cm³/mol. The van der Waals surface area contributed by atoms with Crippen molar-refractivity contribution in [3.05, 3.63) is 34.9 Å². The third kappa shape index (κ3) is 2.32. The van der Waals surface area contributed by atoms with E-state index < -0.39 is 0 Å². The lowest BCUT2D eigenvalue weighted by molar-refractivity contribution is 0.135. The number of aliphatic hydroxyl groups excluding tert-OH is 1. The van der Waals surface area contributed by atoms with Crippen LogP contribution in [0.1, 0.15) is 31.4 Å². The molecule has 2 atom stereocenters. The summed E-state index contributed by atoms with van der Waals surface area (Å²) in [5.74, 6) is 1.15. The van der Waals surface area contributed by atoms with E-state index in [4.69, 9.17) is 11.6 Å². The molecule has 0 aliphatic carbocycles. The van der Waals surface area contributed by atoms with Gasteiger partial charge >= 0.3 is 0 Å². The molecule has 1 aliphatic rings. The van der Waals surface area contributed by atoms with Crippen LogP contribution in [0.5, 0.6) is 0 Å². The van der Waals surface area contributed by atoms with Crippen molar-refractivity contribution < 1.29 is 5.11 Å². The molecule has 0 saturated carbocycles. The summed E-state index contributed by atoms with van der Waals surface area (Å²) >= 11 is 7.69. The van der Waals surface area contributed by atoms with Crippen molar-refractivity contribution in [1.82, 2.24) is 0 Å². The summed E-state index contributed by atoms with van der Waals surface area (Å²) in [5.41, 5.74) is 0.969. The van der Waals surface area contributed by atoms with Gasteiger partial charge in [0.25, 0.3) is 0 Å². The third-order valence-corrected chi connectivity index (χ3v) is 4.85. The van der Waals surface area contributed by atoms with E-state index in [9.17, 15) is 5.11 Å². The average Bonchev–Trinajstić information content (AvgIpc) is 2.67. The van der Waals surface area contributed by atoms with Gasteiger partial charge in [-0.1, -0.05) is 23.7 Å². The molecule has 2 rings (SSSR count). The van der Waals surface area contributed by atoms with E-state index in [1.54, 1.807) is 0 Å². The van der Waals surface area contributed by atoms with Gasteiger partial charge in [-0.25, -0.2) is 0 Å². The van der Waals surface area contributed by atoms with E-state index in [0.717, 1.165) is 22.8 Å². The number of benzene rings is 1. The fraction of sp³-hybridized carbons (Fsp3) is 0.500. The molecule has 1 aliphatic heterocycles. The maximum absolute atomic E-state index is 10.3. The van der Waals surface area contributed by atoms with Crippen LogP contribution in [-0.4, -0.2) is 15.6 Å². The molecule has 1 saturated heterocycles. The van der Waals surface area contributed by atoms with E-state index in [1.165, 1.54) is 6.42 Å². The van der Waals surface area contributed by atoms with Crippen molar-refractivity contribution >= 4 is 23.4 Å². The predicted octanol–water partition coefficient (Wildman–Crippen LogP) is 3.66. The van der Waals surface area contributed by atoms with Crippen LogP contribution in [0.2, 0.25) is 5.02 Å². The van der Waals surface area contributed by atoms with Crippen LogP contribution < -0.4 is 0 Å². The Labute approximate surface area is 99.8 Å². The zero-order valence-corrected chi connectivity index (χ0v) is 10.3. The molecule has 1 nitrogen and oxygen atoms in total. The zero-order chi connectivity index (χ0) is 10.9. The molecule has 1 aromatic carbocycles. The first kappa shape index (κ1) is 11.3. The molecule has 1 heterocycles. The van der Waals surface area contributed by atoms with E-state index in [1.807, 2.05) is 36.0 Å². The first-order chi connectivity index (χ1) is 7.12. The molecule has 1 N–H and O–H groups in total. The second-order valence-electron chi connectivity index (χ2n) is 4.22. The van der Waals surface area contributed by atoms with Gasteiger partial charge in [-0.3, -0.25) is 0 Å². The Hall–Kier alpha value is -0.180. The molecule has 0 spiro atoms. The molecule has 0 aromatic heterocycles. The van der Waals surface area contributed by atoms with Crippen LogP contribution in [0, 0.1) is 0 Å². The summed E-state index contributed by atoms with van der Waals surface area (Å²) < 4.78 is -0.0200. The Bertz CT molecular complexity index is 330. The molecular weight excluding hydrogens is 228 g/mol. The smallest absolute Gasteiger partial charge is 0.0933 e. The molecule has 0 radical (unpaired) electrons. The van der Waals surface area contributed by atoms with Gasteiger partial charge in [-0.15, -0.1) is 0 Å². The van der Waals surface area contributed by atoms with Crippen molar-refractivity contribution in [2.75, 3.05) is 5.75 Å². The van der Waals surface area contributed by atoms with Gasteiger partial charge in [0.1, 0.15) is 0 Å². The number of aliphatic hydroxyl groups is 1. The summed E-state index contributed by atoms with van der Waals surface area (Å²) in [6.07, 6.45) is 1.90. The largest absolute Gasteiger partial charge is 0.387 e. The number of thioether (sulfide) groups is 1. The Balaban J connectivity index is 2.19. The highest BCUT2D eigenvalue weighted by molar-refractivity contribution is 8.00. The second kappa shape index (κ2) is 4.36. The second-order valence-corrected chi connectivity index (χ2v) is 6.28. The van der Waals surface area contributed by atoms with Crippen LogP contribution in [0.4, 0.5) is 0 Å². The van der Waals surface area contributed by atoms with Crippen LogP contribution in [-0.2, 0) is 0 Å². The number of halogens is 1. The number of hydrogen-bond donors (Lipinski definition) is 1. The van der Waals surface area contributed by atoms with Gasteiger partial charge in [0.05, 0.1) is 6.10 Å². The van der Waals surface area contributed by atoms with E-state index in [2.05, 4.69) is 6.92 Å². The maximum atomic E-state index is 10.3. The molecule has 82 valence electrons. The van der Waals surface area contributed by atoms with Gasteiger partial charge < -0.3 is 5.11 Å². The van der Waals surface area contributed by atoms with Crippen molar-refractivity contribution in [1.29, 1.82) is 0 Å². The highest BCUT2D eigenvalue weighted by Gasteiger charge is 2.37. The fourth-order valence-corrected chi connectivity index (χ4v) is 3.48. The van der Waals surface area contributed by atoms with Crippen molar-refractivity contribution in [3.8, 4) is 0 Å². The first-order valence-electron chi connectivity index (χ1n) is 5.19. The highest BCUT2D eigenvalue weighted by atomic mass is 35.5. The maximum Gasteiger partial charge on any atom is 0.0933 e. The lowest BCUT2D eigenvalue weighted by Crippen LogP contribution is -2.26. The monoisotopic (exact) mass is 242 g/mol. The Morgan fingerprint density at radius 2 is 2.07 bits per heavy atom. The number of hydrogen-bond acceptors (Lipinski definition) is 2. The first-order valence-corrected chi connectivity index (χ1v) is 6.56. The van der Waals surface area contributed by atoms with Crippen LogP contribution >= 0.6 is 23.4 Å². The molecule has 0 amide bonds. The third-order valence-electron chi connectivity index (χ3n) is 3.01. The molecule has 3 heteroatoms. The summed E-state index contributed by atoms with van der Waals surface area (Å²) in [5, 5.41) is 11.0. The molecule has 1 fully saturated rings. The van der Waals surface area contributed by atoms with Crippen LogP contribution in [0.15, 0.2) is 24.3 Å². The van der Waals surface area contributed by atoms with Crippen LogP contribution in [0.3, 0.4) is 0 Å². The molecular formula is C12H15ClOS. The average molecular weight is 243 g/mol. The highest BCUT2D eigenvalue weighted by Crippen LogP contribution is 2.46. The topological polar surface area (TPSA) is 20.2 Å². The molecule has 15 heavy (non-hydrogen) atoms. The van der Waals surface area contributed by atoms with E-state index in [0.29, 0.717) is 0 Å². The van der Waals surface area contributed by atoms with Gasteiger partial charge in [0.15, 0.2) is 0 Å². The van der Waals surface area contributed by atoms with Crippen molar-refractivity contribution in [3.63, 3.8) is 0 Å². The Morgan fingerprint density at radius 1 is 1.40 bits per heavy atom. The summed E-state index contributed by atoms with van der Waals surface area (Å²) in [7, 11) is 0. The van der Waals surface area contributed by atoms with Crippen molar-refractivity contribution in [2.45, 2.75) is 30.6 Å². The van der Waals surface area contributed by atoms with E-state index in [-0.39, 0.29) is 10.9 Å². The summed E-state index contributed by atoms with van der Waals surface area (Å²) in [4.78, 5) is 0. The van der Waals surface area contributed by atoms with Gasteiger partial charge in [-0.05, 0) is 43.2 Å². The summed E-state index contributed by atoms with van der Waals surface area (Å²) in [6, 6.07) is 7.50. The summed E-state index contributed by atoms with van der Waals surface area (Å²) in [6.45, 7) is 2.14. The van der Waals surface area contributed by atoms with Crippen LogP contribution in [0.25, 0.3) is 0 Å².